The van der Waals surface area contributed by atoms with Gasteiger partial charge in [-0.15, -0.1) is 0 Å². The number of imidazole rings is 1. The molecule has 0 aliphatic carbocycles. The molecule has 1 aliphatic heterocycles. The summed E-state index contributed by atoms with van der Waals surface area (Å²) in [6, 6.07) is 10.3. The first-order chi connectivity index (χ1) is 15.9. The maximum atomic E-state index is 13.1. The number of fused-ring (bicyclic) bond motifs is 2. The number of thioether (sulfide) groups is 1. The lowest BCUT2D eigenvalue weighted by atomic mass is 10.0. The van der Waals surface area contributed by atoms with Gasteiger partial charge >= 0.3 is 5.69 Å². The van der Waals surface area contributed by atoms with Gasteiger partial charge in [0.1, 0.15) is 0 Å². The first-order valence-electron chi connectivity index (χ1n) is 10.8. The molecule has 0 saturated heterocycles. The highest BCUT2D eigenvalue weighted by Crippen LogP contribution is 2.27. The predicted molar refractivity (Wildman–Crippen MR) is 129 cm³/mol. The van der Waals surface area contributed by atoms with Crippen molar-refractivity contribution < 1.29 is 0 Å². The third kappa shape index (κ3) is 3.84. The van der Waals surface area contributed by atoms with Gasteiger partial charge in [-0.05, 0) is 30.5 Å². The van der Waals surface area contributed by atoms with Crippen LogP contribution in [0, 0.1) is 6.92 Å². The van der Waals surface area contributed by atoms with Crippen molar-refractivity contribution in [2.24, 2.45) is 14.1 Å². The van der Waals surface area contributed by atoms with Gasteiger partial charge in [0.05, 0.1) is 0 Å². The van der Waals surface area contributed by atoms with Gasteiger partial charge in [-0.1, -0.05) is 36.0 Å². The van der Waals surface area contributed by atoms with Crippen LogP contribution in [0.1, 0.15) is 16.8 Å². The van der Waals surface area contributed by atoms with E-state index in [0.717, 1.165) is 23.2 Å². The van der Waals surface area contributed by atoms with E-state index in [0.29, 0.717) is 41.1 Å². The third-order valence-corrected chi connectivity index (χ3v) is 6.90. The molecule has 10 heteroatoms. The van der Waals surface area contributed by atoms with Crippen LogP contribution in [0.4, 0.5) is 5.95 Å². The Morgan fingerprint density at radius 1 is 1.03 bits per heavy atom. The topological polar surface area (TPSA) is 90.8 Å². The van der Waals surface area contributed by atoms with Gasteiger partial charge in [0.2, 0.25) is 5.95 Å². The second kappa shape index (κ2) is 8.51. The molecule has 33 heavy (non-hydrogen) atoms. The van der Waals surface area contributed by atoms with Gasteiger partial charge in [-0.2, -0.15) is 4.98 Å². The predicted octanol–water partition coefficient (Wildman–Crippen LogP) is 1.89. The highest BCUT2D eigenvalue weighted by atomic mass is 32.2. The van der Waals surface area contributed by atoms with Crippen molar-refractivity contribution in [3.8, 4) is 0 Å². The van der Waals surface area contributed by atoms with Crippen LogP contribution in [0.2, 0.25) is 0 Å². The fraction of sp³-hybridized carbons (Fsp3) is 0.348. The van der Waals surface area contributed by atoms with Crippen LogP contribution >= 0.6 is 11.8 Å². The molecule has 0 N–H and O–H groups in total. The zero-order valence-electron chi connectivity index (χ0n) is 18.9. The van der Waals surface area contributed by atoms with Crippen LogP contribution in [-0.2, 0) is 33.6 Å². The molecule has 0 amide bonds. The molecule has 0 spiro atoms. The fourth-order valence-corrected chi connectivity index (χ4v) is 5.08. The number of benzene rings is 1. The van der Waals surface area contributed by atoms with E-state index >= 15 is 0 Å². The number of hydrogen-bond acceptors (Lipinski definition) is 7. The molecule has 170 valence electrons. The van der Waals surface area contributed by atoms with E-state index in [1.807, 2.05) is 23.6 Å². The highest BCUT2D eigenvalue weighted by molar-refractivity contribution is 7.99. The standard InChI is InChI=1S/C23H25N7O2S/c1-15-8-10-24-21(25-15)33-13-12-30-18-19(27(2)23(32)28(3)20(18)31)26-22(30)29-11-9-16-6-4-5-7-17(16)14-29/h4-8,10H,9,11-14H2,1-3H3. The molecule has 4 heterocycles. The van der Waals surface area contributed by atoms with Crippen molar-refractivity contribution in [3.63, 3.8) is 0 Å². The molecule has 3 aromatic heterocycles. The van der Waals surface area contributed by atoms with Crippen LogP contribution < -0.4 is 16.1 Å². The zero-order chi connectivity index (χ0) is 23.1. The Balaban J connectivity index is 1.56. The summed E-state index contributed by atoms with van der Waals surface area (Å²) in [5.74, 6) is 1.38. The van der Waals surface area contributed by atoms with Crippen LogP contribution in [0.15, 0.2) is 51.3 Å². The average molecular weight is 464 g/mol. The minimum absolute atomic E-state index is 0.332. The normalized spacial score (nSPS) is 13.5. The molecule has 1 aromatic carbocycles. The van der Waals surface area contributed by atoms with E-state index < -0.39 is 0 Å². The summed E-state index contributed by atoms with van der Waals surface area (Å²) in [5.41, 5.74) is 3.65. The SMILES string of the molecule is Cc1ccnc(SCCn2c(N3CCc4ccccc4C3)nc3c2c(=O)n(C)c(=O)n3C)n1. The van der Waals surface area contributed by atoms with Gasteiger partial charge < -0.3 is 9.47 Å². The summed E-state index contributed by atoms with van der Waals surface area (Å²) in [6.45, 7) is 3.98. The van der Waals surface area contributed by atoms with Crippen molar-refractivity contribution in [1.29, 1.82) is 0 Å². The number of aromatic nitrogens is 6. The van der Waals surface area contributed by atoms with E-state index in [9.17, 15) is 9.59 Å². The van der Waals surface area contributed by atoms with Crippen molar-refractivity contribution in [2.75, 3.05) is 17.2 Å². The number of rotatable bonds is 5. The molecule has 0 radical (unpaired) electrons. The van der Waals surface area contributed by atoms with Gasteiger partial charge in [0.15, 0.2) is 16.3 Å². The van der Waals surface area contributed by atoms with Crippen molar-refractivity contribution >= 4 is 28.9 Å². The summed E-state index contributed by atoms with van der Waals surface area (Å²) in [7, 11) is 3.17. The lowest BCUT2D eigenvalue weighted by molar-refractivity contribution is 0.668. The Bertz CT molecular complexity index is 1470. The van der Waals surface area contributed by atoms with Crippen molar-refractivity contribution in [3.05, 3.63) is 74.2 Å². The lowest BCUT2D eigenvalue weighted by Crippen LogP contribution is -2.37. The average Bonchev–Trinajstić information content (AvgIpc) is 3.21. The lowest BCUT2D eigenvalue weighted by Gasteiger charge is -2.30. The summed E-state index contributed by atoms with van der Waals surface area (Å²) in [5, 5.41) is 0.702. The molecular formula is C23H25N7O2S. The minimum atomic E-state index is -0.379. The Kier molecular flexibility index (Phi) is 5.53. The van der Waals surface area contributed by atoms with Crippen LogP contribution in [-0.4, -0.2) is 41.0 Å². The maximum absolute atomic E-state index is 13.1. The van der Waals surface area contributed by atoms with E-state index in [-0.39, 0.29) is 11.2 Å². The van der Waals surface area contributed by atoms with E-state index in [4.69, 9.17) is 4.98 Å². The molecule has 0 fully saturated rings. The van der Waals surface area contributed by atoms with E-state index in [1.54, 1.807) is 13.2 Å². The first-order valence-corrected chi connectivity index (χ1v) is 11.8. The van der Waals surface area contributed by atoms with Gasteiger partial charge in [0.25, 0.3) is 5.56 Å². The number of aryl methyl sites for hydroxylation is 3. The van der Waals surface area contributed by atoms with E-state index in [2.05, 4.69) is 33.1 Å². The Hall–Kier alpha value is -3.40. The number of nitrogens with zero attached hydrogens (tertiary/aromatic N) is 7. The monoisotopic (exact) mass is 463 g/mol. The molecule has 4 aromatic rings. The quantitative estimate of drug-likeness (QED) is 0.330. The smallest absolute Gasteiger partial charge is 0.332 e. The Morgan fingerprint density at radius 2 is 1.82 bits per heavy atom. The van der Waals surface area contributed by atoms with Crippen molar-refractivity contribution in [2.45, 2.75) is 31.6 Å². The molecule has 1 aliphatic rings. The molecule has 0 bridgehead atoms. The second-order valence-electron chi connectivity index (χ2n) is 8.21. The third-order valence-electron chi connectivity index (χ3n) is 6.06. The largest absolute Gasteiger partial charge is 0.338 e. The zero-order valence-corrected chi connectivity index (χ0v) is 19.7. The van der Waals surface area contributed by atoms with Crippen LogP contribution in [0.5, 0.6) is 0 Å². The van der Waals surface area contributed by atoms with E-state index in [1.165, 1.54) is 34.5 Å². The number of hydrogen-bond donors (Lipinski definition) is 0. The highest BCUT2D eigenvalue weighted by Gasteiger charge is 2.25. The number of anilines is 1. The Labute approximate surface area is 194 Å². The second-order valence-corrected chi connectivity index (χ2v) is 9.27. The summed E-state index contributed by atoms with van der Waals surface area (Å²) >= 11 is 1.54. The van der Waals surface area contributed by atoms with Crippen LogP contribution in [0.3, 0.4) is 0 Å². The summed E-state index contributed by atoms with van der Waals surface area (Å²) < 4.78 is 4.55. The molecule has 0 saturated carbocycles. The molecule has 9 nitrogen and oxygen atoms in total. The molecule has 5 rings (SSSR count). The minimum Gasteiger partial charge on any atom is -0.338 e. The maximum Gasteiger partial charge on any atom is 0.332 e. The first kappa shape index (κ1) is 21.4. The van der Waals surface area contributed by atoms with Crippen LogP contribution in [0.25, 0.3) is 11.2 Å². The Morgan fingerprint density at radius 3 is 2.61 bits per heavy atom. The molecule has 0 unspecified atom stereocenters. The van der Waals surface area contributed by atoms with Crippen molar-refractivity contribution in [1.82, 2.24) is 28.7 Å². The van der Waals surface area contributed by atoms with Gasteiger partial charge in [-0.25, -0.2) is 14.8 Å². The van der Waals surface area contributed by atoms with Gasteiger partial charge in [0, 0.05) is 51.4 Å². The fourth-order valence-electron chi connectivity index (χ4n) is 4.28. The molecule has 0 atom stereocenters. The molecular weight excluding hydrogens is 438 g/mol. The van der Waals surface area contributed by atoms with Gasteiger partial charge in [-0.3, -0.25) is 13.9 Å². The summed E-state index contributed by atoms with van der Waals surface area (Å²) in [6.07, 6.45) is 2.65. The summed E-state index contributed by atoms with van der Waals surface area (Å²) in [4.78, 5) is 41.4.